The minimum atomic E-state index is 0.0590. The predicted octanol–water partition coefficient (Wildman–Crippen LogP) is 4.76. The van der Waals surface area contributed by atoms with Crippen molar-refractivity contribution in [3.8, 4) is 0 Å². The van der Waals surface area contributed by atoms with Gasteiger partial charge in [-0.2, -0.15) is 0 Å². The molecule has 0 fully saturated rings. The molecule has 0 aliphatic carbocycles. The van der Waals surface area contributed by atoms with E-state index in [-0.39, 0.29) is 11.8 Å². The molecule has 3 heteroatoms. The summed E-state index contributed by atoms with van der Waals surface area (Å²) < 4.78 is 0. The lowest BCUT2D eigenvalue weighted by atomic mass is 10.0. The lowest BCUT2D eigenvalue weighted by Gasteiger charge is -2.14. The molecule has 1 heterocycles. The first kappa shape index (κ1) is 14.5. The third-order valence-electron chi connectivity index (χ3n) is 4.25. The van der Waals surface area contributed by atoms with Gasteiger partial charge in [-0.15, -0.1) is 0 Å². The van der Waals surface area contributed by atoms with Gasteiger partial charge in [-0.05, 0) is 24.3 Å². The summed E-state index contributed by atoms with van der Waals surface area (Å²) in [6, 6.07) is 14.2. The van der Waals surface area contributed by atoms with Crippen molar-refractivity contribution in [2.45, 2.75) is 26.7 Å². The van der Waals surface area contributed by atoms with Gasteiger partial charge in [0.25, 0.3) is 0 Å². The summed E-state index contributed by atoms with van der Waals surface area (Å²) in [6.07, 6.45) is 3.47. The van der Waals surface area contributed by atoms with Gasteiger partial charge in [-0.25, -0.2) is 0 Å². The summed E-state index contributed by atoms with van der Waals surface area (Å²) in [5.41, 5.74) is 1.77. The maximum Gasteiger partial charge on any atom is 0.227 e. The number of carbonyl (C=O) groups is 1. The lowest BCUT2D eigenvalue weighted by Crippen LogP contribution is -2.21. The Balaban J connectivity index is 2.07. The van der Waals surface area contributed by atoms with Gasteiger partial charge in [0.1, 0.15) is 0 Å². The number of amides is 1. The van der Waals surface area contributed by atoms with E-state index < -0.39 is 0 Å². The van der Waals surface area contributed by atoms with Gasteiger partial charge in [-0.3, -0.25) is 9.78 Å². The Bertz CT molecular complexity index is 822. The maximum atomic E-state index is 12.4. The molecule has 0 saturated heterocycles. The van der Waals surface area contributed by atoms with Gasteiger partial charge in [0, 0.05) is 22.9 Å². The van der Waals surface area contributed by atoms with Crippen molar-refractivity contribution in [1.29, 1.82) is 0 Å². The molecule has 3 rings (SSSR count). The lowest BCUT2D eigenvalue weighted by molar-refractivity contribution is -0.120. The summed E-state index contributed by atoms with van der Waals surface area (Å²) >= 11 is 0. The number of aromatic nitrogens is 1. The fourth-order valence-corrected chi connectivity index (χ4v) is 2.89. The molecule has 22 heavy (non-hydrogen) atoms. The highest BCUT2D eigenvalue weighted by atomic mass is 16.1. The highest BCUT2D eigenvalue weighted by Crippen LogP contribution is 2.29. The molecule has 1 amide bonds. The minimum absolute atomic E-state index is 0.0590. The van der Waals surface area contributed by atoms with Crippen LogP contribution >= 0.6 is 0 Å². The molecule has 3 nitrogen and oxygen atoms in total. The quantitative estimate of drug-likeness (QED) is 0.704. The molecule has 0 aliphatic rings. The summed E-state index contributed by atoms with van der Waals surface area (Å²) in [4.78, 5) is 16.9. The number of nitrogens with zero attached hydrogens (tertiary/aromatic N) is 1. The van der Waals surface area contributed by atoms with E-state index >= 15 is 0 Å². The fraction of sp³-hybridized carbons (Fsp3) is 0.263. The first-order valence-corrected chi connectivity index (χ1v) is 7.82. The zero-order valence-electron chi connectivity index (χ0n) is 13.0. The molecule has 2 aromatic carbocycles. The smallest absolute Gasteiger partial charge is 0.227 e. The van der Waals surface area contributed by atoms with Gasteiger partial charge in [0.15, 0.2) is 0 Å². The largest absolute Gasteiger partial charge is 0.325 e. The van der Waals surface area contributed by atoms with Crippen LogP contribution in [0, 0.1) is 5.92 Å². The van der Waals surface area contributed by atoms with Crippen molar-refractivity contribution in [2.75, 3.05) is 5.32 Å². The van der Waals surface area contributed by atoms with Crippen LogP contribution in [0.4, 0.5) is 5.69 Å². The van der Waals surface area contributed by atoms with Crippen LogP contribution in [0.2, 0.25) is 0 Å². The van der Waals surface area contributed by atoms with Gasteiger partial charge < -0.3 is 5.32 Å². The molecule has 0 radical (unpaired) electrons. The second kappa shape index (κ2) is 6.14. The van der Waals surface area contributed by atoms with E-state index in [2.05, 4.69) is 28.5 Å². The van der Waals surface area contributed by atoms with Crippen molar-refractivity contribution in [1.82, 2.24) is 4.98 Å². The van der Waals surface area contributed by atoms with Crippen LogP contribution in [-0.4, -0.2) is 10.9 Å². The SMILES string of the molecule is CCC(CC)C(=O)Nc1ccnc2c1ccc1ccccc12. The molecule has 0 saturated carbocycles. The van der Waals surface area contributed by atoms with Crippen LogP contribution in [0.1, 0.15) is 26.7 Å². The average Bonchev–Trinajstić information content (AvgIpc) is 2.56. The van der Waals surface area contributed by atoms with Crippen LogP contribution < -0.4 is 5.32 Å². The van der Waals surface area contributed by atoms with E-state index in [0.717, 1.165) is 40.2 Å². The molecule has 0 bridgehead atoms. The number of anilines is 1. The molecule has 0 unspecified atom stereocenters. The van der Waals surface area contributed by atoms with Crippen LogP contribution in [-0.2, 0) is 4.79 Å². The third-order valence-corrected chi connectivity index (χ3v) is 4.25. The molecule has 0 spiro atoms. The minimum Gasteiger partial charge on any atom is -0.325 e. The number of hydrogen-bond acceptors (Lipinski definition) is 2. The number of hydrogen-bond donors (Lipinski definition) is 1. The summed E-state index contributed by atoms with van der Waals surface area (Å²) in [7, 11) is 0. The Labute approximate surface area is 130 Å². The van der Waals surface area contributed by atoms with Crippen molar-refractivity contribution in [3.05, 3.63) is 48.7 Å². The van der Waals surface area contributed by atoms with Gasteiger partial charge in [0.05, 0.1) is 11.2 Å². The summed E-state index contributed by atoms with van der Waals surface area (Å²) in [6.45, 7) is 4.10. The van der Waals surface area contributed by atoms with E-state index in [4.69, 9.17) is 0 Å². The zero-order chi connectivity index (χ0) is 15.5. The van der Waals surface area contributed by atoms with E-state index in [1.165, 1.54) is 0 Å². The topological polar surface area (TPSA) is 42.0 Å². The first-order valence-electron chi connectivity index (χ1n) is 7.82. The number of pyridine rings is 1. The number of nitrogens with one attached hydrogen (secondary N) is 1. The van der Waals surface area contributed by atoms with Crippen molar-refractivity contribution >= 4 is 33.3 Å². The molecule has 0 aliphatic heterocycles. The van der Waals surface area contributed by atoms with Gasteiger partial charge in [-0.1, -0.05) is 50.2 Å². The Kier molecular flexibility index (Phi) is 4.05. The molecule has 112 valence electrons. The van der Waals surface area contributed by atoms with E-state index in [1.54, 1.807) is 6.20 Å². The fourth-order valence-electron chi connectivity index (χ4n) is 2.89. The molecule has 1 aromatic heterocycles. The molecular weight excluding hydrogens is 272 g/mol. The van der Waals surface area contributed by atoms with E-state index in [0.29, 0.717) is 0 Å². The number of fused-ring (bicyclic) bond motifs is 3. The maximum absolute atomic E-state index is 12.4. The van der Waals surface area contributed by atoms with Crippen LogP contribution in [0.3, 0.4) is 0 Å². The van der Waals surface area contributed by atoms with Crippen LogP contribution in [0.15, 0.2) is 48.7 Å². The Morgan fingerprint density at radius 1 is 1.05 bits per heavy atom. The standard InChI is InChI=1S/C19H20N2O/c1-3-13(4-2)19(22)21-17-11-12-20-18-15-8-6-5-7-14(15)9-10-16(17)18/h5-13H,3-4H2,1-2H3,(H,20,21,22). The number of rotatable bonds is 4. The van der Waals surface area contributed by atoms with Crippen LogP contribution in [0.5, 0.6) is 0 Å². The normalized spacial score (nSPS) is 11.2. The highest BCUT2D eigenvalue weighted by molar-refractivity contribution is 6.11. The van der Waals surface area contributed by atoms with Crippen LogP contribution in [0.25, 0.3) is 21.7 Å². The summed E-state index contributed by atoms with van der Waals surface area (Å²) in [5.74, 6) is 0.148. The molecule has 0 atom stereocenters. The van der Waals surface area contributed by atoms with E-state index in [9.17, 15) is 4.79 Å². The number of carbonyl (C=O) groups excluding carboxylic acids is 1. The average molecular weight is 292 g/mol. The monoisotopic (exact) mass is 292 g/mol. The predicted molar refractivity (Wildman–Crippen MR) is 92.0 cm³/mol. The Hall–Kier alpha value is -2.42. The van der Waals surface area contributed by atoms with Gasteiger partial charge in [0.2, 0.25) is 5.91 Å². The highest BCUT2D eigenvalue weighted by Gasteiger charge is 2.15. The van der Waals surface area contributed by atoms with Crippen molar-refractivity contribution < 1.29 is 4.79 Å². The number of benzene rings is 2. The van der Waals surface area contributed by atoms with Crippen molar-refractivity contribution in [3.63, 3.8) is 0 Å². The van der Waals surface area contributed by atoms with Gasteiger partial charge >= 0.3 is 0 Å². The van der Waals surface area contributed by atoms with E-state index in [1.807, 2.05) is 38.1 Å². The Morgan fingerprint density at radius 2 is 1.82 bits per heavy atom. The zero-order valence-corrected chi connectivity index (χ0v) is 13.0. The second-order valence-corrected chi connectivity index (χ2v) is 5.54. The second-order valence-electron chi connectivity index (χ2n) is 5.54. The molecule has 1 N–H and O–H groups in total. The van der Waals surface area contributed by atoms with Crippen molar-refractivity contribution in [2.24, 2.45) is 5.92 Å². The molecular formula is C19H20N2O. The third kappa shape index (κ3) is 2.54. The first-order chi connectivity index (χ1) is 10.7. The summed E-state index contributed by atoms with van der Waals surface area (Å²) in [5, 5.41) is 6.33. The Morgan fingerprint density at radius 3 is 2.59 bits per heavy atom. The molecule has 3 aromatic rings.